The van der Waals surface area contributed by atoms with E-state index in [-0.39, 0.29) is 63.1 Å². The maximum Gasteiger partial charge on any atom is 0.330 e. The summed E-state index contributed by atoms with van der Waals surface area (Å²) in [6.07, 6.45) is -2.51. The lowest BCUT2D eigenvalue weighted by molar-refractivity contribution is -0.198. The van der Waals surface area contributed by atoms with E-state index in [4.69, 9.17) is 28.1 Å². The molecule has 0 saturated carbocycles. The van der Waals surface area contributed by atoms with Gasteiger partial charge in [-0.2, -0.15) is 0 Å². The van der Waals surface area contributed by atoms with Crippen molar-refractivity contribution in [3.63, 3.8) is 0 Å². The van der Waals surface area contributed by atoms with Gasteiger partial charge in [-0.25, -0.2) is 9.37 Å². The Hall–Kier alpha value is -6.50. The molecular formula is C60H83ClN10O12. The summed E-state index contributed by atoms with van der Waals surface area (Å²) in [5, 5.41) is 8.24. The molecule has 3 fully saturated rings. The number of ether oxygens (including phenoxy) is 5. The smallest absolute Gasteiger partial charge is 0.330 e. The van der Waals surface area contributed by atoms with Crippen molar-refractivity contribution in [2.75, 3.05) is 136 Å². The minimum atomic E-state index is -1.13. The number of carbonyl (C=O) groups is 4. The molecule has 23 heteroatoms. The van der Waals surface area contributed by atoms with Crippen molar-refractivity contribution in [3.8, 4) is 22.5 Å². The highest BCUT2D eigenvalue weighted by molar-refractivity contribution is 6.09. The van der Waals surface area contributed by atoms with E-state index in [1.165, 1.54) is 16.8 Å². The van der Waals surface area contributed by atoms with Crippen LogP contribution in [0.25, 0.3) is 33.4 Å². The fourth-order valence-electron chi connectivity index (χ4n) is 11.2. The molecule has 2 aromatic carbocycles. The number of nitrogens with one attached hydrogen (secondary N) is 3. The van der Waals surface area contributed by atoms with Crippen molar-refractivity contribution in [2.45, 2.75) is 85.7 Å². The molecule has 452 valence electrons. The quantitative estimate of drug-likeness (QED) is 0.0501. The van der Waals surface area contributed by atoms with Gasteiger partial charge >= 0.3 is 17.6 Å². The van der Waals surface area contributed by atoms with Crippen LogP contribution >= 0.6 is 0 Å². The van der Waals surface area contributed by atoms with Crippen molar-refractivity contribution in [1.29, 1.82) is 0 Å². The first-order valence-electron chi connectivity index (χ1n) is 29.1. The van der Waals surface area contributed by atoms with Crippen LogP contribution in [0.3, 0.4) is 0 Å². The molecule has 4 atom stereocenters. The van der Waals surface area contributed by atoms with Gasteiger partial charge < -0.3 is 56.0 Å². The second-order valence-corrected chi connectivity index (χ2v) is 21.2. The Balaban J connectivity index is 0.00000990. The zero-order valence-corrected chi connectivity index (χ0v) is 50.0. The lowest BCUT2D eigenvalue weighted by Crippen LogP contribution is -3.00. The molecule has 8 rings (SSSR count). The summed E-state index contributed by atoms with van der Waals surface area (Å²) in [5.74, 6) is -1.70. The number of rotatable bonds is 21. The minimum absolute atomic E-state index is 0. The lowest BCUT2D eigenvalue weighted by atomic mass is 9.90. The fourth-order valence-corrected chi connectivity index (χ4v) is 11.2. The van der Waals surface area contributed by atoms with Gasteiger partial charge in [0, 0.05) is 144 Å². The van der Waals surface area contributed by atoms with Crippen LogP contribution in [0.5, 0.6) is 0 Å². The first-order chi connectivity index (χ1) is 39.6. The van der Waals surface area contributed by atoms with Gasteiger partial charge in [-0.05, 0) is 85.2 Å². The summed E-state index contributed by atoms with van der Waals surface area (Å²) in [7, 11) is 0. The average molecular weight is 1170 g/mol. The molecule has 22 nitrogen and oxygen atoms in total. The van der Waals surface area contributed by atoms with Gasteiger partial charge in [0.25, 0.3) is 17.4 Å². The van der Waals surface area contributed by atoms with E-state index in [1.807, 2.05) is 34.1 Å². The van der Waals surface area contributed by atoms with E-state index in [1.54, 1.807) is 27.7 Å². The SMILES string of the molecule is CCOC(=O)CN1CCN(CCNC(=O)c2ccccc2-c2c3ccc(=[N+](CC)CC)cc-3oc3cc(N(CC)CC)ccc23)CCN(CCNC(=O)[C@H]2O[C@@H](n3ccc(=O)[nH]c3=O)[C@@H]3OC(C)(C)O[C@@H]32)CCN(CC(=O)OCC)CC1.[Cl-]. The predicted molar refractivity (Wildman–Crippen MR) is 312 cm³/mol. The third-order valence-corrected chi connectivity index (χ3v) is 15.5. The highest BCUT2D eigenvalue weighted by Crippen LogP contribution is 2.44. The van der Waals surface area contributed by atoms with Crippen LogP contribution in [0.2, 0.25) is 0 Å². The number of hydrogen-bond acceptors (Lipinski definition) is 17. The molecule has 1 aromatic heterocycles. The number of aromatic amines is 1. The summed E-state index contributed by atoms with van der Waals surface area (Å²) in [5.41, 5.74) is 3.64. The second-order valence-electron chi connectivity index (χ2n) is 21.2. The highest BCUT2D eigenvalue weighted by atomic mass is 35.5. The third kappa shape index (κ3) is 16.0. The molecule has 1 aliphatic carbocycles. The van der Waals surface area contributed by atoms with Crippen molar-refractivity contribution < 1.29 is 59.7 Å². The standard InChI is InChI=1S/C60H82N10O12.ClH/c1-9-68(10-2)41-19-21-45-47(37-41)79-48-38-42(69(11-3)12-4)20-22-46(48)52(45)43-17-15-16-18-44(43)56(74)61-24-27-64-29-30-65(32-34-67(40-51(73)78-14-6)36-35-66(33-31-64)39-50(72)77-13-5)28-25-62-57(75)54-53-55(82-60(7,8)81-53)58(80-54)70-26-23-49(71)63-59(70)76;/h15-23,26,37-38,53-55,58H,9-14,24-25,27-36,39-40H2,1-8H3,(H2-,61,62,63,71,74,75,76);1H/t53-,54+,55-,58-;/m1./s1. The van der Waals surface area contributed by atoms with Crippen molar-refractivity contribution in [2.24, 2.45) is 0 Å². The summed E-state index contributed by atoms with van der Waals surface area (Å²) in [4.78, 5) is 92.4. The van der Waals surface area contributed by atoms with Gasteiger partial charge in [-0.15, -0.1) is 0 Å². The van der Waals surface area contributed by atoms with Crippen LogP contribution < -0.4 is 49.1 Å². The molecule has 4 aliphatic heterocycles. The Morgan fingerprint density at radius 2 is 1.30 bits per heavy atom. The number of aromatic nitrogens is 2. The van der Waals surface area contributed by atoms with E-state index in [0.717, 1.165) is 70.6 Å². The number of hydrogen-bond donors (Lipinski definition) is 3. The number of carbonyl (C=O) groups excluding carboxylic acids is 4. The molecule has 5 aliphatic rings. The Labute approximate surface area is 491 Å². The molecule has 0 spiro atoms. The third-order valence-electron chi connectivity index (χ3n) is 15.5. The molecule has 0 radical (unpaired) electrons. The number of halogens is 1. The van der Waals surface area contributed by atoms with Crippen LogP contribution in [0.1, 0.15) is 72.0 Å². The van der Waals surface area contributed by atoms with Crippen LogP contribution in [-0.2, 0) is 38.1 Å². The molecule has 0 unspecified atom stereocenters. The van der Waals surface area contributed by atoms with Gasteiger partial charge in [-0.3, -0.25) is 53.1 Å². The number of anilines is 1. The van der Waals surface area contributed by atoms with E-state index in [9.17, 15) is 28.8 Å². The zero-order valence-electron chi connectivity index (χ0n) is 49.3. The number of benzene rings is 3. The van der Waals surface area contributed by atoms with Crippen LogP contribution in [0, 0.1) is 0 Å². The number of H-pyrrole nitrogens is 1. The molecule has 2 amide bonds. The first-order valence-corrected chi connectivity index (χ1v) is 29.1. The molecular weight excluding hydrogens is 1090 g/mol. The second kappa shape index (κ2) is 29.8. The van der Waals surface area contributed by atoms with Gasteiger partial charge in [0.05, 0.1) is 32.4 Å². The average Bonchev–Trinajstić information content (AvgIpc) is 3.52. The summed E-state index contributed by atoms with van der Waals surface area (Å²) < 4.78 is 39.4. The molecule has 3 aromatic rings. The Bertz CT molecular complexity index is 3170. The molecule has 3 saturated heterocycles. The Kier molecular flexibility index (Phi) is 23.0. The molecule has 3 N–H and O–H groups in total. The normalized spacial score (nSPS) is 20.0. The minimum Gasteiger partial charge on any atom is -1.00 e. The van der Waals surface area contributed by atoms with Gasteiger partial charge in [0.1, 0.15) is 36.6 Å². The van der Waals surface area contributed by atoms with Crippen LogP contribution in [0.15, 0.2) is 86.9 Å². The number of esters is 2. The van der Waals surface area contributed by atoms with Gasteiger partial charge in [0.15, 0.2) is 18.1 Å². The topological polar surface area (TPSA) is 226 Å². The summed E-state index contributed by atoms with van der Waals surface area (Å²) in [6.45, 7) is 25.1. The summed E-state index contributed by atoms with van der Waals surface area (Å²) >= 11 is 0. The lowest BCUT2D eigenvalue weighted by Gasteiger charge is -2.34. The van der Waals surface area contributed by atoms with E-state index < -0.39 is 47.5 Å². The van der Waals surface area contributed by atoms with Gasteiger partial charge in [-0.1, -0.05) is 18.2 Å². The molecule has 83 heavy (non-hydrogen) atoms. The monoisotopic (exact) mass is 1170 g/mol. The van der Waals surface area contributed by atoms with Crippen LogP contribution in [0.4, 0.5) is 5.69 Å². The number of nitrogens with zero attached hydrogens (tertiary/aromatic N) is 7. The largest absolute Gasteiger partial charge is 1.00 e. The van der Waals surface area contributed by atoms with Crippen LogP contribution in [-0.4, -0.2) is 208 Å². The van der Waals surface area contributed by atoms with Crippen molar-refractivity contribution in [1.82, 2.24) is 44.4 Å². The zero-order chi connectivity index (χ0) is 58.5. The molecule has 0 bridgehead atoms. The van der Waals surface area contributed by atoms with E-state index in [2.05, 4.69) is 99.0 Å². The van der Waals surface area contributed by atoms with Crippen molar-refractivity contribution >= 4 is 40.4 Å². The molecule has 5 heterocycles. The maximum absolute atomic E-state index is 14.7. The first kappa shape index (κ1) is 64.1. The fraction of sp³-hybridized carbons (Fsp3) is 0.550. The summed E-state index contributed by atoms with van der Waals surface area (Å²) in [6, 6.07) is 21.5. The Morgan fingerprint density at radius 3 is 1.89 bits per heavy atom. The maximum atomic E-state index is 14.7. The number of fused-ring (bicyclic) bond motifs is 3. The predicted octanol–water partition coefficient (Wildman–Crippen LogP) is 0.0283. The van der Waals surface area contributed by atoms with Gasteiger partial charge in [0.2, 0.25) is 5.36 Å². The number of amides is 2. The van der Waals surface area contributed by atoms with Crippen molar-refractivity contribution in [3.05, 3.63) is 105 Å². The van der Waals surface area contributed by atoms with E-state index in [0.29, 0.717) is 77.6 Å². The highest BCUT2D eigenvalue weighted by Gasteiger charge is 2.58. The van der Waals surface area contributed by atoms with E-state index >= 15 is 0 Å². The Morgan fingerprint density at radius 1 is 0.711 bits per heavy atom.